The highest BCUT2D eigenvalue weighted by Crippen LogP contribution is 2.36. The summed E-state index contributed by atoms with van der Waals surface area (Å²) in [4.78, 5) is 57.2. The number of pyridine rings is 1. The fourth-order valence-corrected chi connectivity index (χ4v) is 4.95. The van der Waals surface area contributed by atoms with Gasteiger partial charge in [0.25, 0.3) is 11.8 Å². The number of hydrogen-bond donors (Lipinski definition) is 4. The van der Waals surface area contributed by atoms with Gasteiger partial charge in [-0.2, -0.15) is 9.36 Å². The van der Waals surface area contributed by atoms with Gasteiger partial charge in [-0.25, -0.2) is 14.2 Å². The third-order valence-electron chi connectivity index (χ3n) is 4.86. The molecule has 4 rings (SSSR count). The summed E-state index contributed by atoms with van der Waals surface area (Å²) >= 11 is 2.27. The lowest BCUT2D eigenvalue weighted by Crippen LogP contribution is -2.69. The maximum absolute atomic E-state index is 12.8. The number of β-lactam (4-membered cyclic amide) rings is 1. The number of aromatic nitrogens is 3. The Morgan fingerprint density at radius 1 is 1.31 bits per heavy atom. The quantitative estimate of drug-likeness (QED) is 0.135. The number of aromatic carboxylic acids is 1. The summed E-state index contributed by atoms with van der Waals surface area (Å²) in [6, 6.07) is 2.15. The number of hydrogen-bond acceptors (Lipinski definition) is 11. The molecule has 1 unspecified atom stereocenters. The topological polar surface area (TPSA) is 201 Å². The number of thioether (sulfide) groups is 1. The van der Waals surface area contributed by atoms with Gasteiger partial charge in [0.1, 0.15) is 11.4 Å². The van der Waals surface area contributed by atoms with Crippen molar-refractivity contribution < 1.29 is 38.8 Å². The Hall–Kier alpha value is -4.05. The van der Waals surface area contributed by atoms with Crippen LogP contribution in [0.5, 0.6) is 0 Å². The molecule has 4 heterocycles. The van der Waals surface area contributed by atoms with Gasteiger partial charge in [0.05, 0.1) is 5.56 Å². The summed E-state index contributed by atoms with van der Waals surface area (Å²) in [6.45, 7) is -0.315. The van der Waals surface area contributed by atoms with Gasteiger partial charge in [-0.1, -0.05) is 5.16 Å². The van der Waals surface area contributed by atoms with Crippen molar-refractivity contribution in [3.8, 4) is 0 Å². The normalized spacial score (nSPS) is 19.3. The molecule has 0 radical (unpaired) electrons. The first-order valence-corrected chi connectivity index (χ1v) is 11.7. The van der Waals surface area contributed by atoms with Crippen molar-refractivity contribution in [1.82, 2.24) is 19.6 Å². The maximum atomic E-state index is 12.8. The van der Waals surface area contributed by atoms with Crippen molar-refractivity contribution in [2.75, 3.05) is 18.1 Å². The summed E-state index contributed by atoms with van der Waals surface area (Å²) < 4.78 is 5.69. The van der Waals surface area contributed by atoms with Crippen molar-refractivity contribution in [2.24, 2.45) is 5.16 Å². The molecule has 1 fully saturated rings. The van der Waals surface area contributed by atoms with Gasteiger partial charge in [0.15, 0.2) is 24.1 Å². The minimum Gasteiger partial charge on any atom is -0.479 e. The lowest BCUT2D eigenvalue weighted by atomic mass is 10.1. The largest absolute Gasteiger partial charge is 0.479 e. The third-order valence-corrected chi connectivity index (χ3v) is 6.78. The molecule has 0 bridgehead atoms. The van der Waals surface area contributed by atoms with E-state index in [0.717, 1.165) is 17.1 Å². The zero-order valence-electron chi connectivity index (χ0n) is 17.7. The average molecular weight is 521 g/mol. The Morgan fingerprint density at radius 2 is 2.06 bits per heavy atom. The van der Waals surface area contributed by atoms with Gasteiger partial charge >= 0.3 is 11.9 Å². The molecule has 5 N–H and O–H groups in total. The zero-order chi connectivity index (χ0) is 25.1. The summed E-state index contributed by atoms with van der Waals surface area (Å²) in [7, 11) is 0. The Morgan fingerprint density at radius 3 is 2.69 bits per heavy atom. The number of nitrogens with one attached hydrogen (secondary N) is 1. The molecule has 16 heteroatoms. The van der Waals surface area contributed by atoms with Gasteiger partial charge in [0.2, 0.25) is 18.1 Å². The smallest absolute Gasteiger partial charge is 0.344 e. The number of anilines is 1. The molecular formula is C19H18N7O7S2+. The maximum Gasteiger partial charge on any atom is 0.344 e. The minimum absolute atomic E-state index is 0.0700. The molecule has 2 aromatic rings. The number of amides is 2. The summed E-state index contributed by atoms with van der Waals surface area (Å²) in [6.07, 6.45) is 5.01. The first kappa shape index (κ1) is 24.1. The minimum atomic E-state index is -1.29. The number of oxime groups is 1. The van der Waals surface area contributed by atoms with Crippen LogP contribution in [0.25, 0.3) is 0 Å². The molecule has 2 aliphatic heterocycles. The number of carbonyl (C=O) groups excluding carboxylic acids is 2. The molecule has 0 spiro atoms. The van der Waals surface area contributed by atoms with Crippen LogP contribution >= 0.6 is 23.3 Å². The highest BCUT2D eigenvalue weighted by molar-refractivity contribution is 8.00. The molecular weight excluding hydrogens is 502 g/mol. The number of rotatable bonds is 9. The first-order valence-electron chi connectivity index (χ1n) is 9.91. The summed E-state index contributed by atoms with van der Waals surface area (Å²) in [5, 5.41) is 23.6. The van der Waals surface area contributed by atoms with Crippen LogP contribution in [0.1, 0.15) is 16.2 Å². The van der Waals surface area contributed by atoms with Crippen LogP contribution in [0.15, 0.2) is 41.5 Å². The molecule has 2 amide bonds. The van der Waals surface area contributed by atoms with Crippen molar-refractivity contribution in [3.63, 3.8) is 0 Å². The number of carboxylic acids is 2. The van der Waals surface area contributed by atoms with Crippen molar-refractivity contribution in [2.45, 2.75) is 18.0 Å². The average Bonchev–Trinajstić information content (AvgIpc) is 3.26. The standard InChI is InChI=1S/C19H17N7O7S2/c20-19-22-14(24-35-19)12(23-33-7-11(27)28)15(29)21-13-16(30)26-6-9(8-34-17(13)26)5-25-3-1-10(2-4-25)18(31)32/h1-4,6,13,17H,5,7-8H2,(H4-,20,21,22,24,27,28,29,31,32)/p+1/t13?,17-/m0/s1. The Balaban J connectivity index is 1.41. The number of aliphatic carboxylic acids is 1. The molecule has 2 aliphatic rings. The number of nitrogens with zero attached hydrogens (tertiary/aromatic N) is 5. The second kappa shape index (κ2) is 10.1. The monoisotopic (exact) mass is 520 g/mol. The van der Waals surface area contributed by atoms with Gasteiger partial charge in [0, 0.05) is 41.2 Å². The third kappa shape index (κ3) is 5.38. The zero-order valence-corrected chi connectivity index (χ0v) is 19.4. The van der Waals surface area contributed by atoms with Crippen LogP contribution in [0.4, 0.5) is 5.13 Å². The Bertz CT molecular complexity index is 1240. The molecule has 14 nitrogen and oxygen atoms in total. The van der Waals surface area contributed by atoms with Gasteiger partial charge in [-0.15, -0.1) is 11.8 Å². The fraction of sp³-hybridized carbons (Fsp3) is 0.263. The summed E-state index contributed by atoms with van der Waals surface area (Å²) in [5.74, 6) is -3.01. The van der Waals surface area contributed by atoms with E-state index in [1.54, 1.807) is 23.2 Å². The molecule has 1 saturated heterocycles. The van der Waals surface area contributed by atoms with Crippen LogP contribution in [0.3, 0.4) is 0 Å². The fourth-order valence-electron chi connectivity index (χ4n) is 3.26. The second-order valence-electron chi connectivity index (χ2n) is 7.31. The van der Waals surface area contributed by atoms with Gasteiger partial charge in [-0.05, 0) is 0 Å². The van der Waals surface area contributed by atoms with Crippen LogP contribution in [0.2, 0.25) is 0 Å². The first-order chi connectivity index (χ1) is 16.7. The van der Waals surface area contributed by atoms with E-state index >= 15 is 0 Å². The summed E-state index contributed by atoms with van der Waals surface area (Å²) in [5.41, 5.74) is 6.27. The Labute approximate surface area is 205 Å². The van der Waals surface area contributed by atoms with E-state index in [-0.39, 0.29) is 27.8 Å². The molecule has 0 aromatic carbocycles. The molecule has 2 aromatic heterocycles. The molecule has 0 aliphatic carbocycles. The van der Waals surface area contributed by atoms with Crippen LogP contribution < -0.4 is 15.6 Å². The van der Waals surface area contributed by atoms with Gasteiger partial charge in [-0.3, -0.25) is 9.59 Å². The van der Waals surface area contributed by atoms with Gasteiger partial charge < -0.3 is 31.0 Å². The highest BCUT2D eigenvalue weighted by atomic mass is 32.2. The van der Waals surface area contributed by atoms with Crippen LogP contribution in [-0.2, 0) is 25.8 Å². The van der Waals surface area contributed by atoms with E-state index in [0.29, 0.717) is 12.3 Å². The molecule has 2 atom stereocenters. The number of nitrogens with two attached hydrogens (primary N) is 1. The van der Waals surface area contributed by atoms with Crippen LogP contribution in [-0.4, -0.2) is 77.7 Å². The second-order valence-corrected chi connectivity index (χ2v) is 9.20. The van der Waals surface area contributed by atoms with Crippen molar-refractivity contribution >= 4 is 57.9 Å². The van der Waals surface area contributed by atoms with E-state index in [4.69, 9.17) is 15.9 Å². The van der Waals surface area contributed by atoms with Crippen molar-refractivity contribution in [3.05, 3.63) is 47.7 Å². The number of carbonyl (C=O) groups is 4. The number of carboxylic acid groups (broad SMARTS) is 2. The van der Waals surface area contributed by atoms with E-state index in [9.17, 15) is 19.2 Å². The van der Waals surface area contributed by atoms with E-state index in [1.165, 1.54) is 28.8 Å². The van der Waals surface area contributed by atoms with Crippen molar-refractivity contribution in [1.29, 1.82) is 0 Å². The molecule has 182 valence electrons. The number of nitrogen functional groups attached to an aromatic ring is 1. The molecule has 0 saturated carbocycles. The predicted molar refractivity (Wildman–Crippen MR) is 121 cm³/mol. The Kier molecular flexibility index (Phi) is 6.92. The lowest BCUT2D eigenvalue weighted by molar-refractivity contribution is -0.689. The highest BCUT2D eigenvalue weighted by Gasteiger charge is 2.50. The van der Waals surface area contributed by atoms with Crippen LogP contribution in [0, 0.1) is 0 Å². The SMILES string of the molecule is Nc1nc(C(=NOCC(=O)O)C(=O)NC2C(=O)N3C=C(C[n+]4ccc(C(=O)O)cc4)CS[C@@H]23)ns1. The predicted octanol–water partition coefficient (Wildman–Crippen LogP) is -1.10. The lowest BCUT2D eigenvalue weighted by Gasteiger charge is -2.47. The van der Waals surface area contributed by atoms with E-state index in [1.807, 2.05) is 0 Å². The molecule has 35 heavy (non-hydrogen) atoms. The van der Waals surface area contributed by atoms with E-state index in [2.05, 4.69) is 24.7 Å². The van der Waals surface area contributed by atoms with E-state index < -0.39 is 36.2 Å². The number of fused-ring (bicyclic) bond motifs is 1.